The second-order valence-corrected chi connectivity index (χ2v) is 5.20. The maximum absolute atomic E-state index is 12.3. The number of para-hydroxylation sites is 1. The van der Waals surface area contributed by atoms with E-state index >= 15 is 0 Å². The van der Waals surface area contributed by atoms with E-state index in [-0.39, 0.29) is 36.8 Å². The van der Waals surface area contributed by atoms with Gasteiger partial charge in [0.15, 0.2) is 0 Å². The topological polar surface area (TPSA) is 49.6 Å². The summed E-state index contributed by atoms with van der Waals surface area (Å²) in [6.45, 7) is 3.48. The molecule has 1 aromatic carbocycles. The van der Waals surface area contributed by atoms with Crippen molar-refractivity contribution in [3.05, 3.63) is 30.3 Å². The molecule has 6 heteroatoms. The number of nitrogens with two attached hydrogens (primary N) is 1. The molecular weight excluding hydrogens is 309 g/mol. The van der Waals surface area contributed by atoms with Gasteiger partial charge in [0.1, 0.15) is 0 Å². The Morgan fingerprint density at radius 2 is 1.71 bits per heavy atom. The van der Waals surface area contributed by atoms with Crippen molar-refractivity contribution in [3.8, 4) is 0 Å². The van der Waals surface area contributed by atoms with Gasteiger partial charge in [0.2, 0.25) is 5.91 Å². The Labute approximate surface area is 140 Å². The molecule has 0 spiro atoms. The number of benzene rings is 1. The van der Waals surface area contributed by atoms with Crippen molar-refractivity contribution in [1.82, 2.24) is 4.90 Å². The average Bonchev–Trinajstić information content (AvgIpc) is 2.37. The first-order chi connectivity index (χ1) is 9.00. The fourth-order valence-electron chi connectivity index (χ4n) is 1.79. The molecule has 0 bridgehead atoms. The highest BCUT2D eigenvalue weighted by Crippen LogP contribution is 2.15. The molecule has 122 valence electrons. The molecule has 0 aliphatic rings. The predicted molar refractivity (Wildman–Crippen MR) is 94.7 cm³/mol. The molecule has 0 heterocycles. The van der Waals surface area contributed by atoms with Crippen LogP contribution in [-0.2, 0) is 4.79 Å². The van der Waals surface area contributed by atoms with Crippen LogP contribution in [-0.4, -0.2) is 44.0 Å². The van der Waals surface area contributed by atoms with Gasteiger partial charge in [-0.25, -0.2) is 0 Å². The van der Waals surface area contributed by atoms with Crippen molar-refractivity contribution in [1.29, 1.82) is 0 Å². The van der Waals surface area contributed by atoms with E-state index in [2.05, 4.69) is 4.90 Å². The smallest absolute Gasteiger partial charge is 0.227 e. The van der Waals surface area contributed by atoms with E-state index in [1.165, 1.54) is 0 Å². The highest BCUT2D eigenvalue weighted by atomic mass is 35.5. The van der Waals surface area contributed by atoms with Gasteiger partial charge in [-0.15, -0.1) is 24.8 Å². The van der Waals surface area contributed by atoms with E-state index in [0.29, 0.717) is 13.0 Å². The van der Waals surface area contributed by atoms with Crippen LogP contribution in [0.2, 0.25) is 0 Å². The van der Waals surface area contributed by atoms with Gasteiger partial charge in [0, 0.05) is 31.2 Å². The van der Waals surface area contributed by atoms with Crippen molar-refractivity contribution in [2.24, 2.45) is 5.73 Å². The van der Waals surface area contributed by atoms with Crippen LogP contribution in [0.5, 0.6) is 0 Å². The van der Waals surface area contributed by atoms with Gasteiger partial charge in [-0.05, 0) is 39.6 Å². The SMILES string of the molecule is CC(N)CCC(=O)N(CCN(C)C)c1ccccc1.Cl.Cl. The number of amides is 1. The molecule has 0 radical (unpaired) electrons. The molecule has 0 saturated heterocycles. The minimum absolute atomic E-state index is 0. The standard InChI is InChI=1S/C15H25N3O.2ClH/c1-13(16)9-10-15(19)18(12-11-17(2)3)14-7-5-4-6-8-14;;/h4-8,13H,9-12,16H2,1-3H3;2*1H. The molecule has 1 amide bonds. The fraction of sp³-hybridized carbons (Fsp3) is 0.533. The zero-order valence-electron chi connectivity index (χ0n) is 13.0. The number of halogens is 2. The molecule has 0 aliphatic carbocycles. The maximum atomic E-state index is 12.3. The van der Waals surface area contributed by atoms with Crippen LogP contribution in [0.1, 0.15) is 19.8 Å². The lowest BCUT2D eigenvalue weighted by atomic mass is 10.1. The summed E-state index contributed by atoms with van der Waals surface area (Å²) in [5.74, 6) is 0.144. The summed E-state index contributed by atoms with van der Waals surface area (Å²) in [6, 6.07) is 9.88. The average molecular weight is 336 g/mol. The molecule has 1 rings (SSSR count). The van der Waals surface area contributed by atoms with Gasteiger partial charge >= 0.3 is 0 Å². The molecule has 0 aliphatic heterocycles. The van der Waals surface area contributed by atoms with Crippen LogP contribution in [0.25, 0.3) is 0 Å². The predicted octanol–water partition coefficient (Wildman–Crippen LogP) is 2.55. The summed E-state index contributed by atoms with van der Waals surface area (Å²) < 4.78 is 0. The number of hydrogen-bond acceptors (Lipinski definition) is 3. The first-order valence-electron chi connectivity index (χ1n) is 6.76. The minimum Gasteiger partial charge on any atom is -0.328 e. The summed E-state index contributed by atoms with van der Waals surface area (Å²) in [7, 11) is 4.02. The Hall–Kier alpha value is -0.810. The molecule has 1 atom stereocenters. The van der Waals surface area contributed by atoms with E-state index < -0.39 is 0 Å². The first-order valence-corrected chi connectivity index (χ1v) is 6.76. The lowest BCUT2D eigenvalue weighted by Gasteiger charge is -2.25. The summed E-state index contributed by atoms with van der Waals surface area (Å²) in [5.41, 5.74) is 6.68. The third-order valence-electron chi connectivity index (χ3n) is 2.95. The molecule has 21 heavy (non-hydrogen) atoms. The van der Waals surface area contributed by atoms with Crippen LogP contribution in [0.3, 0.4) is 0 Å². The number of likely N-dealkylation sites (N-methyl/N-ethyl adjacent to an activating group) is 1. The van der Waals surface area contributed by atoms with Gasteiger partial charge in [-0.3, -0.25) is 4.79 Å². The summed E-state index contributed by atoms with van der Waals surface area (Å²) in [4.78, 5) is 16.2. The normalized spacial score (nSPS) is 11.3. The third-order valence-corrected chi connectivity index (χ3v) is 2.95. The van der Waals surface area contributed by atoms with Crippen LogP contribution in [0.15, 0.2) is 30.3 Å². The summed E-state index contributed by atoms with van der Waals surface area (Å²) >= 11 is 0. The van der Waals surface area contributed by atoms with Crippen LogP contribution in [0.4, 0.5) is 5.69 Å². The Balaban J connectivity index is 0. The van der Waals surface area contributed by atoms with E-state index in [0.717, 1.165) is 18.7 Å². The summed E-state index contributed by atoms with van der Waals surface area (Å²) in [5, 5.41) is 0. The van der Waals surface area contributed by atoms with Crippen molar-refractivity contribution in [3.63, 3.8) is 0 Å². The minimum atomic E-state index is 0. The van der Waals surface area contributed by atoms with Crippen molar-refractivity contribution in [2.75, 3.05) is 32.1 Å². The highest BCUT2D eigenvalue weighted by molar-refractivity contribution is 5.93. The van der Waals surface area contributed by atoms with Crippen molar-refractivity contribution in [2.45, 2.75) is 25.8 Å². The van der Waals surface area contributed by atoms with E-state index in [9.17, 15) is 4.79 Å². The maximum Gasteiger partial charge on any atom is 0.227 e. The molecule has 0 fully saturated rings. The van der Waals surface area contributed by atoms with Crippen LogP contribution in [0, 0.1) is 0 Å². The van der Waals surface area contributed by atoms with E-state index in [1.807, 2.05) is 56.3 Å². The number of rotatable bonds is 7. The van der Waals surface area contributed by atoms with E-state index in [4.69, 9.17) is 5.73 Å². The van der Waals surface area contributed by atoms with Crippen LogP contribution < -0.4 is 10.6 Å². The number of anilines is 1. The van der Waals surface area contributed by atoms with Crippen LogP contribution >= 0.6 is 24.8 Å². The fourth-order valence-corrected chi connectivity index (χ4v) is 1.79. The monoisotopic (exact) mass is 335 g/mol. The lowest BCUT2D eigenvalue weighted by molar-refractivity contribution is -0.118. The number of carbonyl (C=O) groups is 1. The van der Waals surface area contributed by atoms with Crippen molar-refractivity contribution < 1.29 is 4.79 Å². The van der Waals surface area contributed by atoms with Gasteiger partial charge in [-0.1, -0.05) is 18.2 Å². The van der Waals surface area contributed by atoms with Gasteiger partial charge in [-0.2, -0.15) is 0 Å². The Morgan fingerprint density at radius 3 is 2.19 bits per heavy atom. The van der Waals surface area contributed by atoms with Gasteiger partial charge in [0.25, 0.3) is 0 Å². The molecule has 1 aromatic rings. The largest absolute Gasteiger partial charge is 0.328 e. The second-order valence-electron chi connectivity index (χ2n) is 5.20. The molecule has 4 nitrogen and oxygen atoms in total. The Bertz CT molecular complexity index is 386. The van der Waals surface area contributed by atoms with Gasteiger partial charge in [0.05, 0.1) is 0 Å². The van der Waals surface area contributed by atoms with E-state index in [1.54, 1.807) is 0 Å². The first kappa shape index (κ1) is 22.5. The lowest BCUT2D eigenvalue weighted by Crippen LogP contribution is -2.37. The molecule has 1 unspecified atom stereocenters. The molecule has 0 saturated carbocycles. The highest BCUT2D eigenvalue weighted by Gasteiger charge is 2.15. The quantitative estimate of drug-likeness (QED) is 0.832. The van der Waals surface area contributed by atoms with Crippen molar-refractivity contribution >= 4 is 36.4 Å². The zero-order valence-corrected chi connectivity index (χ0v) is 14.6. The number of hydrogen-bond donors (Lipinski definition) is 1. The Kier molecular flexibility index (Phi) is 12.6. The molecular formula is C15H27Cl2N3O. The Morgan fingerprint density at radius 1 is 1.14 bits per heavy atom. The summed E-state index contributed by atoms with van der Waals surface area (Å²) in [6.07, 6.45) is 1.23. The number of nitrogens with zero attached hydrogens (tertiary/aromatic N) is 2. The zero-order chi connectivity index (χ0) is 14.3. The van der Waals surface area contributed by atoms with Gasteiger partial charge < -0.3 is 15.5 Å². The molecule has 0 aromatic heterocycles. The second kappa shape index (κ2) is 11.8. The molecule has 2 N–H and O–H groups in total. The third kappa shape index (κ3) is 8.94. The number of carbonyl (C=O) groups excluding carboxylic acids is 1.